The molecule has 10 nitrogen and oxygen atoms in total. The summed E-state index contributed by atoms with van der Waals surface area (Å²) in [6, 6.07) is 13.2. The zero-order chi connectivity index (χ0) is 23.9. The number of non-ortho nitro benzene ring substituents is 1. The molecule has 0 spiro atoms. The minimum Gasteiger partial charge on any atom is -0.357 e. The second-order valence-electron chi connectivity index (χ2n) is 7.09. The van der Waals surface area contributed by atoms with Crippen LogP contribution in [0.4, 0.5) is 11.4 Å². The number of nitrogens with one attached hydrogen (secondary N) is 1. The topological polar surface area (TPSA) is 130 Å². The summed E-state index contributed by atoms with van der Waals surface area (Å²) < 4.78 is 25.7. The van der Waals surface area contributed by atoms with Crippen LogP contribution in [-0.4, -0.2) is 55.9 Å². The molecule has 0 aromatic heterocycles. The van der Waals surface area contributed by atoms with Crippen LogP contribution in [0.2, 0.25) is 0 Å². The maximum absolute atomic E-state index is 13.3. The number of benzene rings is 2. The number of likely N-dealkylation sites (N-methyl/N-ethyl adjacent to an activating group) is 1. The van der Waals surface area contributed by atoms with E-state index in [1.807, 2.05) is 6.07 Å². The van der Waals surface area contributed by atoms with Crippen LogP contribution in [-0.2, 0) is 26.2 Å². The van der Waals surface area contributed by atoms with Crippen molar-refractivity contribution in [3.8, 4) is 0 Å². The number of amides is 2. The van der Waals surface area contributed by atoms with Crippen molar-refractivity contribution in [1.29, 1.82) is 0 Å². The first-order valence-electron chi connectivity index (χ1n) is 9.85. The standard InChI is InChI=1S/C21H26N4O6S/c1-4-19(21(27)22-2)23(14-16-9-6-5-7-10-16)20(26)15-24(32(3,30)31)17-11-8-12-18(13-17)25(28)29/h5-13,19H,4,14-15H2,1-3H3,(H,22,27). The highest BCUT2D eigenvalue weighted by molar-refractivity contribution is 7.92. The lowest BCUT2D eigenvalue weighted by Crippen LogP contribution is -2.51. The third kappa shape index (κ3) is 6.27. The van der Waals surface area contributed by atoms with E-state index in [4.69, 9.17) is 0 Å². The van der Waals surface area contributed by atoms with Gasteiger partial charge in [-0.3, -0.25) is 24.0 Å². The summed E-state index contributed by atoms with van der Waals surface area (Å²) in [7, 11) is -2.50. The smallest absolute Gasteiger partial charge is 0.271 e. The van der Waals surface area contributed by atoms with Gasteiger partial charge in [-0.15, -0.1) is 0 Å². The first kappa shape index (κ1) is 24.8. The van der Waals surface area contributed by atoms with E-state index in [1.54, 1.807) is 31.2 Å². The minimum atomic E-state index is -3.96. The number of nitrogens with zero attached hydrogens (tertiary/aromatic N) is 3. The van der Waals surface area contributed by atoms with Gasteiger partial charge in [0, 0.05) is 25.7 Å². The SMILES string of the molecule is CCC(C(=O)NC)N(Cc1ccccc1)C(=O)CN(c1cccc([N+](=O)[O-])c1)S(C)(=O)=O. The Kier molecular flexibility index (Phi) is 8.30. The Morgan fingerprint density at radius 1 is 1.12 bits per heavy atom. The van der Waals surface area contributed by atoms with Gasteiger partial charge in [-0.2, -0.15) is 0 Å². The van der Waals surface area contributed by atoms with Crippen molar-refractivity contribution in [3.05, 3.63) is 70.3 Å². The highest BCUT2D eigenvalue weighted by Gasteiger charge is 2.31. The van der Waals surface area contributed by atoms with Crippen molar-refractivity contribution in [2.24, 2.45) is 0 Å². The number of hydrogen-bond acceptors (Lipinski definition) is 6. The molecule has 0 radical (unpaired) electrons. The molecule has 172 valence electrons. The van der Waals surface area contributed by atoms with Gasteiger partial charge in [0.15, 0.2) is 0 Å². The van der Waals surface area contributed by atoms with Gasteiger partial charge in [0.1, 0.15) is 12.6 Å². The van der Waals surface area contributed by atoms with Crippen LogP contribution in [0.3, 0.4) is 0 Å². The van der Waals surface area contributed by atoms with Crippen molar-refractivity contribution < 1.29 is 22.9 Å². The molecule has 1 N–H and O–H groups in total. The van der Waals surface area contributed by atoms with Gasteiger partial charge >= 0.3 is 0 Å². The summed E-state index contributed by atoms with van der Waals surface area (Å²) in [5.74, 6) is -0.987. The van der Waals surface area contributed by atoms with E-state index in [1.165, 1.54) is 30.1 Å². The first-order valence-corrected chi connectivity index (χ1v) is 11.7. The lowest BCUT2D eigenvalue weighted by Gasteiger charge is -2.32. The molecule has 0 saturated carbocycles. The molecule has 32 heavy (non-hydrogen) atoms. The lowest BCUT2D eigenvalue weighted by molar-refractivity contribution is -0.384. The van der Waals surface area contributed by atoms with Crippen LogP contribution in [0.15, 0.2) is 54.6 Å². The summed E-state index contributed by atoms with van der Waals surface area (Å²) >= 11 is 0. The number of nitro benzene ring substituents is 1. The predicted molar refractivity (Wildman–Crippen MR) is 120 cm³/mol. The zero-order valence-corrected chi connectivity index (χ0v) is 18.9. The normalized spacial score (nSPS) is 12.0. The molecular weight excluding hydrogens is 436 g/mol. The maximum Gasteiger partial charge on any atom is 0.271 e. The molecule has 1 unspecified atom stereocenters. The van der Waals surface area contributed by atoms with E-state index in [0.29, 0.717) is 6.42 Å². The van der Waals surface area contributed by atoms with Crippen LogP contribution in [0.1, 0.15) is 18.9 Å². The summed E-state index contributed by atoms with van der Waals surface area (Å²) in [6.45, 7) is 1.23. The van der Waals surface area contributed by atoms with E-state index in [9.17, 15) is 28.1 Å². The van der Waals surface area contributed by atoms with Crippen LogP contribution in [0, 0.1) is 10.1 Å². The molecule has 0 aliphatic heterocycles. The molecule has 0 aliphatic carbocycles. The van der Waals surface area contributed by atoms with E-state index < -0.39 is 33.4 Å². The van der Waals surface area contributed by atoms with Crippen LogP contribution >= 0.6 is 0 Å². The van der Waals surface area contributed by atoms with Crippen molar-refractivity contribution >= 4 is 33.2 Å². The number of carbonyl (C=O) groups is 2. The lowest BCUT2D eigenvalue weighted by atomic mass is 10.1. The van der Waals surface area contributed by atoms with Crippen LogP contribution < -0.4 is 9.62 Å². The zero-order valence-electron chi connectivity index (χ0n) is 18.1. The molecule has 0 fully saturated rings. The monoisotopic (exact) mass is 462 g/mol. The van der Waals surface area contributed by atoms with E-state index in [-0.39, 0.29) is 23.8 Å². The first-order chi connectivity index (χ1) is 15.1. The second-order valence-corrected chi connectivity index (χ2v) is 9.00. The Balaban J connectivity index is 2.44. The molecule has 2 amide bonds. The maximum atomic E-state index is 13.3. The Labute approximate surface area is 187 Å². The molecule has 2 aromatic rings. The number of anilines is 1. The molecule has 11 heteroatoms. The Morgan fingerprint density at radius 3 is 2.31 bits per heavy atom. The summed E-state index contributed by atoms with van der Waals surface area (Å²) in [5, 5.41) is 13.6. The molecule has 1 atom stereocenters. The quantitative estimate of drug-likeness (QED) is 0.424. The van der Waals surface area contributed by atoms with Gasteiger partial charge in [0.2, 0.25) is 21.8 Å². The van der Waals surface area contributed by atoms with Gasteiger partial charge in [0.05, 0.1) is 16.9 Å². The minimum absolute atomic E-state index is 0.0114. The van der Waals surface area contributed by atoms with Crippen molar-refractivity contribution in [1.82, 2.24) is 10.2 Å². The molecule has 2 rings (SSSR count). The summed E-state index contributed by atoms with van der Waals surface area (Å²) in [6.07, 6.45) is 1.23. The van der Waals surface area contributed by atoms with Gasteiger partial charge in [-0.1, -0.05) is 43.3 Å². The van der Waals surface area contributed by atoms with Crippen LogP contribution in [0.25, 0.3) is 0 Å². The Hall–Kier alpha value is -3.47. The predicted octanol–water partition coefficient (Wildman–Crippen LogP) is 1.91. The molecular formula is C21H26N4O6S. The molecule has 0 aliphatic rings. The fourth-order valence-corrected chi connectivity index (χ4v) is 4.08. The fraction of sp³-hybridized carbons (Fsp3) is 0.333. The number of hydrogen-bond donors (Lipinski definition) is 1. The van der Waals surface area contributed by atoms with Gasteiger partial charge < -0.3 is 10.2 Å². The highest BCUT2D eigenvalue weighted by Crippen LogP contribution is 2.24. The summed E-state index contributed by atoms with van der Waals surface area (Å²) in [5.41, 5.74) is 0.452. The van der Waals surface area contributed by atoms with E-state index in [0.717, 1.165) is 22.2 Å². The number of sulfonamides is 1. The molecule has 0 bridgehead atoms. The highest BCUT2D eigenvalue weighted by atomic mass is 32.2. The van der Waals surface area contributed by atoms with E-state index >= 15 is 0 Å². The Bertz CT molecular complexity index is 1070. The molecule has 0 heterocycles. The van der Waals surface area contributed by atoms with Crippen LogP contribution in [0.5, 0.6) is 0 Å². The second kappa shape index (κ2) is 10.7. The number of nitro groups is 1. The van der Waals surface area contributed by atoms with E-state index in [2.05, 4.69) is 5.32 Å². The third-order valence-electron chi connectivity index (χ3n) is 4.84. The molecule has 2 aromatic carbocycles. The average molecular weight is 463 g/mol. The van der Waals surface area contributed by atoms with Gasteiger partial charge in [-0.05, 0) is 18.1 Å². The number of rotatable bonds is 10. The van der Waals surface area contributed by atoms with Gasteiger partial charge in [0.25, 0.3) is 5.69 Å². The Morgan fingerprint density at radius 2 is 1.78 bits per heavy atom. The fourth-order valence-electron chi connectivity index (χ4n) is 3.24. The number of carbonyl (C=O) groups excluding carboxylic acids is 2. The largest absolute Gasteiger partial charge is 0.357 e. The average Bonchev–Trinajstić information content (AvgIpc) is 2.76. The summed E-state index contributed by atoms with van der Waals surface area (Å²) in [4.78, 5) is 37.6. The van der Waals surface area contributed by atoms with Crippen molar-refractivity contribution in [2.75, 3.05) is 24.2 Å². The molecule has 0 saturated heterocycles. The van der Waals surface area contributed by atoms with Crippen molar-refractivity contribution in [3.63, 3.8) is 0 Å². The third-order valence-corrected chi connectivity index (χ3v) is 5.98. The van der Waals surface area contributed by atoms with Gasteiger partial charge in [-0.25, -0.2) is 8.42 Å². The van der Waals surface area contributed by atoms with Crippen molar-refractivity contribution in [2.45, 2.75) is 25.9 Å².